The summed E-state index contributed by atoms with van der Waals surface area (Å²) in [6.07, 6.45) is 3.35. The van der Waals surface area contributed by atoms with E-state index in [0.29, 0.717) is 0 Å². The lowest BCUT2D eigenvalue weighted by Gasteiger charge is -2.22. The summed E-state index contributed by atoms with van der Waals surface area (Å²) >= 11 is 0. The highest BCUT2D eigenvalue weighted by atomic mass is 16.3. The summed E-state index contributed by atoms with van der Waals surface area (Å²) < 4.78 is 0. The first-order chi connectivity index (χ1) is 8.35. The van der Waals surface area contributed by atoms with Gasteiger partial charge in [0.1, 0.15) is 0 Å². The molecule has 1 aliphatic rings. The van der Waals surface area contributed by atoms with Crippen molar-refractivity contribution in [3.8, 4) is 0 Å². The Morgan fingerprint density at radius 2 is 2.35 bits per heavy atom. The van der Waals surface area contributed by atoms with Gasteiger partial charge in [-0.2, -0.15) is 0 Å². The van der Waals surface area contributed by atoms with Crippen LogP contribution in [0.25, 0.3) is 0 Å². The van der Waals surface area contributed by atoms with Gasteiger partial charge in [0.2, 0.25) is 0 Å². The molecule has 94 valence electrons. The molecular formula is C14H22N2O. The number of hydrogen-bond donors (Lipinski definition) is 3. The molecule has 1 aromatic rings. The molecule has 0 saturated heterocycles. The Morgan fingerprint density at radius 1 is 1.47 bits per heavy atom. The predicted octanol–water partition coefficient (Wildman–Crippen LogP) is 1.91. The first-order valence-electron chi connectivity index (χ1n) is 6.54. The molecule has 1 aliphatic heterocycles. The molecule has 1 heterocycles. The van der Waals surface area contributed by atoms with Gasteiger partial charge in [-0.25, -0.2) is 0 Å². The van der Waals surface area contributed by atoms with Crippen molar-refractivity contribution in [2.75, 3.05) is 18.5 Å². The van der Waals surface area contributed by atoms with Gasteiger partial charge in [0.05, 0.1) is 6.61 Å². The number of rotatable bonds is 5. The van der Waals surface area contributed by atoms with Gasteiger partial charge >= 0.3 is 0 Å². The highest BCUT2D eigenvalue weighted by Crippen LogP contribution is 2.25. The van der Waals surface area contributed by atoms with E-state index in [1.54, 1.807) is 0 Å². The Hall–Kier alpha value is -1.06. The minimum atomic E-state index is 0.203. The Labute approximate surface area is 103 Å². The molecular weight excluding hydrogens is 212 g/mol. The zero-order valence-electron chi connectivity index (χ0n) is 10.5. The van der Waals surface area contributed by atoms with Crippen LogP contribution in [0.5, 0.6) is 0 Å². The summed E-state index contributed by atoms with van der Waals surface area (Å²) in [4.78, 5) is 0. The largest absolute Gasteiger partial charge is 0.395 e. The van der Waals surface area contributed by atoms with E-state index in [4.69, 9.17) is 5.11 Å². The Morgan fingerprint density at radius 3 is 3.12 bits per heavy atom. The molecule has 0 aliphatic carbocycles. The van der Waals surface area contributed by atoms with E-state index in [0.717, 1.165) is 19.5 Å². The lowest BCUT2D eigenvalue weighted by Crippen LogP contribution is -2.31. The highest BCUT2D eigenvalue weighted by Gasteiger charge is 2.12. The number of aliphatic hydroxyl groups excluding tert-OH is 1. The molecule has 0 fully saturated rings. The molecule has 2 rings (SSSR count). The molecule has 0 saturated carbocycles. The van der Waals surface area contributed by atoms with E-state index in [-0.39, 0.29) is 12.6 Å². The Kier molecular flexibility index (Phi) is 4.40. The summed E-state index contributed by atoms with van der Waals surface area (Å²) in [6, 6.07) is 6.69. The predicted molar refractivity (Wildman–Crippen MR) is 71.3 cm³/mol. The number of aryl methyl sites for hydroxylation is 1. The third-order valence-corrected chi connectivity index (χ3v) is 3.46. The topological polar surface area (TPSA) is 44.3 Å². The van der Waals surface area contributed by atoms with E-state index >= 15 is 0 Å². The number of aliphatic hydroxyl groups is 1. The Bertz CT molecular complexity index is 361. The van der Waals surface area contributed by atoms with E-state index in [2.05, 4.69) is 35.8 Å². The maximum Gasteiger partial charge on any atom is 0.0584 e. The van der Waals surface area contributed by atoms with E-state index in [1.807, 2.05) is 0 Å². The number of nitrogens with one attached hydrogen (secondary N) is 2. The molecule has 0 bridgehead atoms. The second kappa shape index (κ2) is 6.03. The van der Waals surface area contributed by atoms with Crippen LogP contribution in [0.1, 0.15) is 30.9 Å². The fraction of sp³-hybridized carbons (Fsp3) is 0.571. The summed E-state index contributed by atoms with van der Waals surface area (Å²) in [5, 5.41) is 16.0. The van der Waals surface area contributed by atoms with Crippen molar-refractivity contribution in [1.82, 2.24) is 5.32 Å². The molecule has 0 spiro atoms. The van der Waals surface area contributed by atoms with Crippen LogP contribution in [0.15, 0.2) is 18.2 Å². The average molecular weight is 234 g/mol. The standard InChI is InChI=1S/C14H22N2O/c1-2-13(10-17)16-9-12-6-3-5-11-7-4-8-15-14(11)12/h3,5-6,13,15-17H,2,4,7-10H2,1H3. The quantitative estimate of drug-likeness (QED) is 0.729. The number of anilines is 1. The van der Waals surface area contributed by atoms with Crippen LogP contribution in [0.3, 0.4) is 0 Å². The van der Waals surface area contributed by atoms with Crippen molar-refractivity contribution >= 4 is 5.69 Å². The van der Waals surface area contributed by atoms with Crippen molar-refractivity contribution < 1.29 is 5.11 Å². The van der Waals surface area contributed by atoms with Gasteiger partial charge < -0.3 is 15.7 Å². The van der Waals surface area contributed by atoms with Crippen LogP contribution >= 0.6 is 0 Å². The summed E-state index contributed by atoms with van der Waals surface area (Å²) in [5.74, 6) is 0. The normalized spacial score (nSPS) is 16.1. The molecule has 1 atom stereocenters. The van der Waals surface area contributed by atoms with Crippen LogP contribution in [0, 0.1) is 0 Å². The maximum absolute atomic E-state index is 9.16. The zero-order valence-corrected chi connectivity index (χ0v) is 10.5. The summed E-state index contributed by atoms with van der Waals surface area (Å²) in [5.41, 5.74) is 4.04. The van der Waals surface area contributed by atoms with Gasteiger partial charge in [-0.05, 0) is 30.4 Å². The smallest absolute Gasteiger partial charge is 0.0584 e. The number of para-hydroxylation sites is 1. The third kappa shape index (κ3) is 2.99. The van der Waals surface area contributed by atoms with Crippen molar-refractivity contribution in [2.45, 2.75) is 38.8 Å². The summed E-state index contributed by atoms with van der Waals surface area (Å²) in [7, 11) is 0. The highest BCUT2D eigenvalue weighted by molar-refractivity contribution is 5.59. The van der Waals surface area contributed by atoms with Gasteiger partial charge in [-0.3, -0.25) is 0 Å². The van der Waals surface area contributed by atoms with Crippen molar-refractivity contribution in [2.24, 2.45) is 0 Å². The van der Waals surface area contributed by atoms with Gasteiger partial charge in [0.15, 0.2) is 0 Å². The van der Waals surface area contributed by atoms with Crippen molar-refractivity contribution in [3.05, 3.63) is 29.3 Å². The first kappa shape index (κ1) is 12.4. The minimum Gasteiger partial charge on any atom is -0.395 e. The number of fused-ring (bicyclic) bond motifs is 1. The molecule has 0 radical (unpaired) electrons. The number of hydrogen-bond acceptors (Lipinski definition) is 3. The second-order valence-corrected chi connectivity index (χ2v) is 4.65. The maximum atomic E-state index is 9.16. The minimum absolute atomic E-state index is 0.203. The molecule has 1 unspecified atom stereocenters. The van der Waals surface area contributed by atoms with Crippen LogP contribution in [0.4, 0.5) is 5.69 Å². The fourth-order valence-corrected chi connectivity index (χ4v) is 2.32. The third-order valence-electron chi connectivity index (χ3n) is 3.46. The molecule has 3 N–H and O–H groups in total. The van der Waals surface area contributed by atoms with E-state index in [9.17, 15) is 0 Å². The molecule has 3 heteroatoms. The molecule has 1 aromatic carbocycles. The van der Waals surface area contributed by atoms with Gasteiger partial charge in [0, 0.05) is 24.8 Å². The average Bonchev–Trinajstić information content (AvgIpc) is 2.40. The zero-order chi connectivity index (χ0) is 12.1. The molecule has 17 heavy (non-hydrogen) atoms. The van der Waals surface area contributed by atoms with E-state index in [1.165, 1.54) is 29.7 Å². The number of benzene rings is 1. The lowest BCUT2D eigenvalue weighted by molar-refractivity contribution is 0.238. The van der Waals surface area contributed by atoms with Gasteiger partial charge in [0.25, 0.3) is 0 Å². The van der Waals surface area contributed by atoms with Crippen LogP contribution in [0.2, 0.25) is 0 Å². The monoisotopic (exact) mass is 234 g/mol. The molecule has 0 amide bonds. The summed E-state index contributed by atoms with van der Waals surface area (Å²) in [6.45, 7) is 4.20. The van der Waals surface area contributed by atoms with Crippen molar-refractivity contribution in [1.29, 1.82) is 0 Å². The van der Waals surface area contributed by atoms with Crippen LogP contribution < -0.4 is 10.6 Å². The SMILES string of the molecule is CCC(CO)NCc1cccc2c1NCCC2. The molecule has 3 nitrogen and oxygen atoms in total. The van der Waals surface area contributed by atoms with Crippen LogP contribution in [-0.4, -0.2) is 24.3 Å². The van der Waals surface area contributed by atoms with E-state index < -0.39 is 0 Å². The molecule has 0 aromatic heterocycles. The van der Waals surface area contributed by atoms with Gasteiger partial charge in [-0.15, -0.1) is 0 Å². The van der Waals surface area contributed by atoms with Gasteiger partial charge in [-0.1, -0.05) is 25.1 Å². The second-order valence-electron chi connectivity index (χ2n) is 4.65. The fourth-order valence-electron chi connectivity index (χ4n) is 2.32. The first-order valence-corrected chi connectivity index (χ1v) is 6.54. The Balaban J connectivity index is 2.05. The lowest BCUT2D eigenvalue weighted by atomic mass is 9.99. The van der Waals surface area contributed by atoms with Crippen LogP contribution in [-0.2, 0) is 13.0 Å². The van der Waals surface area contributed by atoms with Crippen molar-refractivity contribution in [3.63, 3.8) is 0 Å².